The lowest BCUT2D eigenvalue weighted by atomic mass is 10.2. The van der Waals surface area contributed by atoms with E-state index in [9.17, 15) is 4.79 Å². The van der Waals surface area contributed by atoms with Crippen LogP contribution in [-0.2, 0) is 11.3 Å². The molecule has 15 heavy (non-hydrogen) atoms. The topological polar surface area (TPSA) is 66.6 Å². The van der Waals surface area contributed by atoms with E-state index >= 15 is 0 Å². The zero-order valence-electron chi connectivity index (χ0n) is 8.76. The molecule has 4 nitrogen and oxygen atoms in total. The third kappa shape index (κ3) is 4.10. The molecule has 0 aliphatic rings. The molecule has 1 atom stereocenters. The Hall–Kier alpha value is -1.39. The summed E-state index contributed by atoms with van der Waals surface area (Å²) in [5, 5.41) is 8.65. The second-order valence-corrected chi connectivity index (χ2v) is 3.63. The van der Waals surface area contributed by atoms with Crippen molar-refractivity contribution in [3.63, 3.8) is 0 Å². The number of nitrogens with two attached hydrogens (primary N) is 1. The Morgan fingerprint density at radius 2 is 2.07 bits per heavy atom. The molecule has 0 saturated carbocycles. The van der Waals surface area contributed by atoms with Crippen LogP contribution in [-0.4, -0.2) is 35.6 Å². The smallest absolute Gasteiger partial charge is 0.321 e. The zero-order valence-corrected chi connectivity index (χ0v) is 8.76. The van der Waals surface area contributed by atoms with Crippen molar-refractivity contribution in [1.82, 2.24) is 4.90 Å². The number of likely N-dealkylation sites (N-methyl/N-ethyl adjacent to an activating group) is 1. The van der Waals surface area contributed by atoms with Gasteiger partial charge in [0.15, 0.2) is 0 Å². The van der Waals surface area contributed by atoms with Crippen LogP contribution < -0.4 is 5.73 Å². The standard InChI is InChI=1S/C11H16N2O2/c1-13(8-10(12)11(14)15)7-9-5-3-2-4-6-9/h2-6,10H,7-8,12H2,1H3,(H,14,15)/t10-/m0/s1. The van der Waals surface area contributed by atoms with E-state index in [4.69, 9.17) is 10.8 Å². The summed E-state index contributed by atoms with van der Waals surface area (Å²) < 4.78 is 0. The number of benzene rings is 1. The lowest BCUT2D eigenvalue weighted by molar-refractivity contribution is -0.138. The Bertz CT molecular complexity index is 314. The molecule has 1 rings (SSSR count). The first-order valence-electron chi connectivity index (χ1n) is 4.80. The van der Waals surface area contributed by atoms with E-state index in [1.807, 2.05) is 42.3 Å². The van der Waals surface area contributed by atoms with Gasteiger partial charge < -0.3 is 10.8 Å². The lowest BCUT2D eigenvalue weighted by Crippen LogP contribution is -2.40. The summed E-state index contributed by atoms with van der Waals surface area (Å²) in [6, 6.07) is 9.05. The van der Waals surface area contributed by atoms with Crippen molar-refractivity contribution in [2.75, 3.05) is 13.6 Å². The van der Waals surface area contributed by atoms with Gasteiger partial charge in [-0.25, -0.2) is 0 Å². The molecule has 0 saturated heterocycles. The molecule has 0 fully saturated rings. The van der Waals surface area contributed by atoms with Gasteiger partial charge in [0.2, 0.25) is 0 Å². The number of hydrogen-bond acceptors (Lipinski definition) is 3. The molecule has 0 aliphatic heterocycles. The molecule has 0 heterocycles. The first-order valence-corrected chi connectivity index (χ1v) is 4.80. The van der Waals surface area contributed by atoms with Gasteiger partial charge in [-0.3, -0.25) is 9.69 Å². The predicted octanol–water partition coefficient (Wildman–Crippen LogP) is 0.530. The van der Waals surface area contributed by atoms with Crippen LogP contribution in [0.2, 0.25) is 0 Å². The molecule has 0 unspecified atom stereocenters. The molecular formula is C11H16N2O2. The molecule has 82 valence electrons. The third-order valence-electron chi connectivity index (χ3n) is 2.12. The van der Waals surface area contributed by atoms with Gasteiger partial charge in [0.05, 0.1) is 0 Å². The summed E-state index contributed by atoms with van der Waals surface area (Å²) in [6.07, 6.45) is 0. The second-order valence-electron chi connectivity index (χ2n) is 3.63. The lowest BCUT2D eigenvalue weighted by Gasteiger charge is -2.18. The Kier molecular flexibility index (Phi) is 4.27. The highest BCUT2D eigenvalue weighted by molar-refractivity contribution is 5.73. The van der Waals surface area contributed by atoms with Crippen molar-refractivity contribution in [1.29, 1.82) is 0 Å². The molecule has 0 aromatic heterocycles. The molecule has 0 spiro atoms. The number of aliphatic carboxylic acids is 1. The summed E-state index contributed by atoms with van der Waals surface area (Å²) >= 11 is 0. The maximum absolute atomic E-state index is 10.5. The minimum atomic E-state index is -0.963. The molecule has 1 aromatic carbocycles. The van der Waals surface area contributed by atoms with E-state index in [0.717, 1.165) is 5.56 Å². The molecule has 3 N–H and O–H groups in total. The maximum Gasteiger partial charge on any atom is 0.321 e. The fourth-order valence-electron chi connectivity index (χ4n) is 1.37. The summed E-state index contributed by atoms with van der Waals surface area (Å²) in [5.74, 6) is -0.963. The first kappa shape index (κ1) is 11.7. The number of carbonyl (C=O) groups is 1. The quantitative estimate of drug-likeness (QED) is 0.740. The van der Waals surface area contributed by atoms with E-state index in [0.29, 0.717) is 13.1 Å². The first-order chi connectivity index (χ1) is 7.09. The minimum absolute atomic E-state index is 0.351. The van der Waals surface area contributed by atoms with Gasteiger partial charge in [-0.15, -0.1) is 0 Å². The van der Waals surface area contributed by atoms with Crippen LogP contribution in [0.4, 0.5) is 0 Å². The van der Waals surface area contributed by atoms with Gasteiger partial charge in [-0.2, -0.15) is 0 Å². The Balaban J connectivity index is 2.43. The van der Waals surface area contributed by atoms with E-state index in [2.05, 4.69) is 0 Å². The van der Waals surface area contributed by atoms with Gasteiger partial charge in [0, 0.05) is 13.1 Å². The zero-order chi connectivity index (χ0) is 11.3. The van der Waals surface area contributed by atoms with E-state index in [-0.39, 0.29) is 0 Å². The number of rotatable bonds is 5. The highest BCUT2D eigenvalue weighted by atomic mass is 16.4. The molecule has 0 bridgehead atoms. The molecule has 0 radical (unpaired) electrons. The van der Waals surface area contributed by atoms with Crippen LogP contribution in [0.15, 0.2) is 30.3 Å². The highest BCUT2D eigenvalue weighted by Gasteiger charge is 2.13. The average Bonchev–Trinajstić information content (AvgIpc) is 2.18. The minimum Gasteiger partial charge on any atom is -0.480 e. The molecule has 0 aliphatic carbocycles. The highest BCUT2D eigenvalue weighted by Crippen LogP contribution is 2.02. The van der Waals surface area contributed by atoms with Crippen LogP contribution in [0, 0.1) is 0 Å². The van der Waals surface area contributed by atoms with E-state index in [1.165, 1.54) is 0 Å². The monoisotopic (exact) mass is 208 g/mol. The van der Waals surface area contributed by atoms with Crippen LogP contribution >= 0.6 is 0 Å². The largest absolute Gasteiger partial charge is 0.480 e. The summed E-state index contributed by atoms with van der Waals surface area (Å²) in [7, 11) is 1.86. The normalized spacial score (nSPS) is 12.7. The fourth-order valence-corrected chi connectivity index (χ4v) is 1.37. The maximum atomic E-state index is 10.5. The van der Waals surface area contributed by atoms with E-state index in [1.54, 1.807) is 0 Å². The summed E-state index contributed by atoms with van der Waals surface area (Å²) in [4.78, 5) is 12.4. The third-order valence-corrected chi connectivity index (χ3v) is 2.12. The Morgan fingerprint density at radius 3 is 2.60 bits per heavy atom. The van der Waals surface area contributed by atoms with Gasteiger partial charge in [0.1, 0.15) is 6.04 Å². The van der Waals surface area contributed by atoms with Gasteiger partial charge in [-0.05, 0) is 12.6 Å². The van der Waals surface area contributed by atoms with Crippen molar-refractivity contribution in [2.24, 2.45) is 5.73 Å². The number of carboxylic acids is 1. The van der Waals surface area contributed by atoms with Crippen molar-refractivity contribution in [2.45, 2.75) is 12.6 Å². The predicted molar refractivity (Wildman–Crippen MR) is 58.4 cm³/mol. The summed E-state index contributed by atoms with van der Waals surface area (Å²) in [5.41, 5.74) is 6.58. The second kappa shape index (κ2) is 5.48. The fraction of sp³-hybridized carbons (Fsp3) is 0.364. The van der Waals surface area contributed by atoms with Crippen LogP contribution in [0.5, 0.6) is 0 Å². The number of carboxylic acid groups (broad SMARTS) is 1. The van der Waals surface area contributed by atoms with Crippen molar-refractivity contribution < 1.29 is 9.90 Å². The molecule has 1 aromatic rings. The Labute approximate surface area is 89.3 Å². The van der Waals surface area contributed by atoms with Crippen LogP contribution in [0.25, 0.3) is 0 Å². The van der Waals surface area contributed by atoms with Crippen LogP contribution in [0.1, 0.15) is 5.56 Å². The van der Waals surface area contributed by atoms with Gasteiger partial charge in [0.25, 0.3) is 0 Å². The molecule has 0 amide bonds. The average molecular weight is 208 g/mol. The van der Waals surface area contributed by atoms with Gasteiger partial charge >= 0.3 is 5.97 Å². The number of hydrogen-bond donors (Lipinski definition) is 2. The molecular weight excluding hydrogens is 192 g/mol. The number of nitrogens with zero attached hydrogens (tertiary/aromatic N) is 1. The van der Waals surface area contributed by atoms with Crippen LogP contribution in [0.3, 0.4) is 0 Å². The molecule has 4 heteroatoms. The van der Waals surface area contributed by atoms with Crippen molar-refractivity contribution in [3.05, 3.63) is 35.9 Å². The SMILES string of the molecule is CN(Cc1ccccc1)C[C@H](N)C(=O)O. The summed E-state index contributed by atoms with van der Waals surface area (Å²) in [6.45, 7) is 1.06. The van der Waals surface area contributed by atoms with E-state index < -0.39 is 12.0 Å². The van der Waals surface area contributed by atoms with Crippen molar-refractivity contribution >= 4 is 5.97 Å². The van der Waals surface area contributed by atoms with Gasteiger partial charge in [-0.1, -0.05) is 30.3 Å². The van der Waals surface area contributed by atoms with Crippen molar-refractivity contribution in [3.8, 4) is 0 Å². The Morgan fingerprint density at radius 1 is 1.47 bits per heavy atom.